The van der Waals surface area contributed by atoms with Crippen LogP contribution in [0.3, 0.4) is 0 Å². The van der Waals surface area contributed by atoms with E-state index in [9.17, 15) is 4.79 Å². The summed E-state index contributed by atoms with van der Waals surface area (Å²) in [4.78, 5) is 10.6. The first-order valence-electron chi connectivity index (χ1n) is 4.60. The average molecular weight is 185 g/mol. The molecule has 0 bridgehead atoms. The van der Waals surface area contributed by atoms with Gasteiger partial charge in [0.2, 0.25) is 5.91 Å². The summed E-state index contributed by atoms with van der Waals surface area (Å²) in [5.41, 5.74) is 5.76. The number of hydrogen-bond acceptors (Lipinski definition) is 1. The third-order valence-electron chi connectivity index (χ3n) is 1.87. The van der Waals surface area contributed by atoms with E-state index in [0.717, 1.165) is 23.9 Å². The van der Waals surface area contributed by atoms with Crippen LogP contribution in [0.4, 0.5) is 0 Å². The van der Waals surface area contributed by atoms with Crippen molar-refractivity contribution in [3.63, 3.8) is 0 Å². The van der Waals surface area contributed by atoms with Crippen molar-refractivity contribution in [3.05, 3.63) is 11.6 Å². The van der Waals surface area contributed by atoms with Crippen molar-refractivity contribution in [2.24, 2.45) is 5.73 Å². The summed E-state index contributed by atoms with van der Waals surface area (Å²) in [5, 5.41) is 0. The molecule has 0 aromatic carbocycles. The van der Waals surface area contributed by atoms with Crippen molar-refractivity contribution in [2.45, 2.75) is 19.8 Å². The fourth-order valence-corrected chi connectivity index (χ4v) is 0.985. The lowest BCUT2D eigenvalue weighted by Gasteiger charge is -2.23. The molecule has 0 aliphatic heterocycles. The average Bonchev–Trinajstić information content (AvgIpc) is 1.95. The lowest BCUT2D eigenvalue weighted by Crippen LogP contribution is -2.35. The summed E-state index contributed by atoms with van der Waals surface area (Å²) in [6.45, 7) is 2.87. The van der Waals surface area contributed by atoms with Gasteiger partial charge in [-0.25, -0.2) is 0 Å². The molecule has 0 spiro atoms. The van der Waals surface area contributed by atoms with E-state index in [-0.39, 0.29) is 5.91 Å². The summed E-state index contributed by atoms with van der Waals surface area (Å²) in [7, 11) is 6.47. The first-order chi connectivity index (χ1) is 5.83. The number of nitrogens with zero attached hydrogens (tertiary/aromatic N) is 1. The van der Waals surface area contributed by atoms with Crippen LogP contribution in [0.1, 0.15) is 19.8 Å². The van der Waals surface area contributed by atoms with Gasteiger partial charge in [0, 0.05) is 12.0 Å². The smallest absolute Gasteiger partial charge is 0.244 e. The Morgan fingerprint density at radius 2 is 1.92 bits per heavy atom. The Labute approximate surface area is 80.8 Å². The van der Waals surface area contributed by atoms with Gasteiger partial charge < -0.3 is 10.2 Å². The van der Waals surface area contributed by atoms with Crippen molar-refractivity contribution < 1.29 is 9.28 Å². The molecule has 0 aromatic rings. The van der Waals surface area contributed by atoms with Crippen molar-refractivity contribution in [1.29, 1.82) is 0 Å². The molecular weight excluding hydrogens is 164 g/mol. The zero-order valence-electron chi connectivity index (χ0n) is 9.13. The minimum atomic E-state index is -0.315. The minimum Gasteiger partial charge on any atom is -0.366 e. The van der Waals surface area contributed by atoms with E-state index in [4.69, 9.17) is 5.73 Å². The van der Waals surface area contributed by atoms with E-state index in [2.05, 4.69) is 21.1 Å². The molecule has 3 nitrogen and oxygen atoms in total. The predicted octanol–water partition coefficient (Wildman–Crippen LogP) is 0.904. The zero-order chi connectivity index (χ0) is 10.5. The SMILES string of the molecule is C/C(=C\CCC[N+](C)(C)C)C(N)=O. The normalized spacial score (nSPS) is 13.1. The highest BCUT2D eigenvalue weighted by Gasteiger charge is 2.04. The molecule has 3 heteroatoms. The molecule has 76 valence electrons. The summed E-state index contributed by atoms with van der Waals surface area (Å²) < 4.78 is 0.962. The number of allylic oxidation sites excluding steroid dienone is 1. The molecule has 2 N–H and O–H groups in total. The second kappa shape index (κ2) is 5.02. The van der Waals surface area contributed by atoms with Crippen LogP contribution in [0.15, 0.2) is 11.6 Å². The standard InChI is InChI=1S/C10H20N2O/c1-9(10(11)13)7-5-6-8-12(2,3)4/h7H,5-6,8H2,1-4H3,(H-,11,13)/p+1/b9-7+. The third-order valence-corrected chi connectivity index (χ3v) is 1.87. The van der Waals surface area contributed by atoms with Gasteiger partial charge in [0.25, 0.3) is 0 Å². The van der Waals surface area contributed by atoms with Gasteiger partial charge in [0.1, 0.15) is 0 Å². The molecule has 0 rings (SSSR count). The van der Waals surface area contributed by atoms with E-state index in [1.807, 2.05) is 6.08 Å². The first kappa shape index (κ1) is 12.2. The number of unbranched alkanes of at least 4 members (excludes halogenated alkanes) is 1. The Balaban J connectivity index is 3.68. The molecule has 0 heterocycles. The van der Waals surface area contributed by atoms with Gasteiger partial charge in [-0.15, -0.1) is 0 Å². The van der Waals surface area contributed by atoms with Crippen LogP contribution in [-0.2, 0) is 4.79 Å². The van der Waals surface area contributed by atoms with Crippen LogP contribution < -0.4 is 5.73 Å². The van der Waals surface area contributed by atoms with Crippen molar-refractivity contribution in [1.82, 2.24) is 0 Å². The van der Waals surface area contributed by atoms with Gasteiger partial charge in [-0.1, -0.05) is 6.08 Å². The van der Waals surface area contributed by atoms with Crippen LogP contribution in [0, 0.1) is 0 Å². The largest absolute Gasteiger partial charge is 0.366 e. The van der Waals surface area contributed by atoms with Crippen molar-refractivity contribution in [2.75, 3.05) is 27.7 Å². The lowest BCUT2D eigenvalue weighted by molar-refractivity contribution is -0.870. The second-order valence-corrected chi connectivity index (χ2v) is 4.41. The molecule has 0 saturated heterocycles. The fourth-order valence-electron chi connectivity index (χ4n) is 0.985. The Hall–Kier alpha value is -0.830. The van der Waals surface area contributed by atoms with Gasteiger partial charge in [-0.3, -0.25) is 4.79 Å². The summed E-state index contributed by atoms with van der Waals surface area (Å²) in [6.07, 6.45) is 3.94. The maximum atomic E-state index is 10.6. The van der Waals surface area contributed by atoms with Gasteiger partial charge in [0.15, 0.2) is 0 Å². The van der Waals surface area contributed by atoms with Crippen LogP contribution in [0.25, 0.3) is 0 Å². The van der Waals surface area contributed by atoms with Crippen LogP contribution in [-0.4, -0.2) is 38.1 Å². The highest BCUT2D eigenvalue weighted by Crippen LogP contribution is 2.01. The first-order valence-corrected chi connectivity index (χ1v) is 4.60. The number of hydrogen-bond donors (Lipinski definition) is 1. The maximum absolute atomic E-state index is 10.6. The number of carbonyl (C=O) groups is 1. The van der Waals surface area contributed by atoms with Crippen LogP contribution in [0.5, 0.6) is 0 Å². The van der Waals surface area contributed by atoms with E-state index in [1.165, 1.54) is 0 Å². The van der Waals surface area contributed by atoms with Gasteiger partial charge >= 0.3 is 0 Å². The number of rotatable bonds is 5. The predicted molar refractivity (Wildman–Crippen MR) is 55.1 cm³/mol. The molecule has 0 fully saturated rings. The molecule has 0 saturated carbocycles. The molecule has 0 aromatic heterocycles. The van der Waals surface area contributed by atoms with E-state index in [0.29, 0.717) is 5.57 Å². The second-order valence-electron chi connectivity index (χ2n) is 4.41. The van der Waals surface area contributed by atoms with E-state index in [1.54, 1.807) is 6.92 Å². The lowest BCUT2D eigenvalue weighted by atomic mass is 10.2. The van der Waals surface area contributed by atoms with Crippen LogP contribution >= 0.6 is 0 Å². The Bertz CT molecular complexity index is 201. The van der Waals surface area contributed by atoms with Crippen molar-refractivity contribution in [3.8, 4) is 0 Å². The molecule has 0 aliphatic rings. The summed E-state index contributed by atoms with van der Waals surface area (Å²) >= 11 is 0. The number of quaternary nitrogens is 1. The van der Waals surface area contributed by atoms with Crippen molar-refractivity contribution >= 4 is 5.91 Å². The highest BCUT2D eigenvalue weighted by molar-refractivity contribution is 5.91. The maximum Gasteiger partial charge on any atom is 0.244 e. The molecule has 0 atom stereocenters. The number of amides is 1. The monoisotopic (exact) mass is 185 g/mol. The number of carbonyl (C=O) groups excluding carboxylic acids is 1. The summed E-state index contributed by atoms with van der Waals surface area (Å²) in [6, 6.07) is 0. The zero-order valence-corrected chi connectivity index (χ0v) is 9.13. The molecule has 0 aliphatic carbocycles. The third kappa shape index (κ3) is 7.53. The number of primary amides is 1. The summed E-state index contributed by atoms with van der Waals surface area (Å²) in [5.74, 6) is -0.315. The van der Waals surface area contributed by atoms with Crippen LogP contribution in [0.2, 0.25) is 0 Å². The molecule has 0 unspecified atom stereocenters. The van der Waals surface area contributed by atoms with Gasteiger partial charge in [-0.05, 0) is 13.3 Å². The molecule has 13 heavy (non-hydrogen) atoms. The van der Waals surface area contributed by atoms with E-state index >= 15 is 0 Å². The molecular formula is C10H21N2O+. The van der Waals surface area contributed by atoms with E-state index < -0.39 is 0 Å². The van der Waals surface area contributed by atoms with Gasteiger partial charge in [0.05, 0.1) is 27.7 Å². The highest BCUT2D eigenvalue weighted by atomic mass is 16.1. The Morgan fingerprint density at radius 3 is 2.31 bits per heavy atom. The number of nitrogens with two attached hydrogens (primary N) is 1. The van der Waals surface area contributed by atoms with Gasteiger partial charge in [-0.2, -0.15) is 0 Å². The molecule has 1 amide bonds. The molecule has 0 radical (unpaired) electrons. The minimum absolute atomic E-state index is 0.315. The Morgan fingerprint density at radius 1 is 1.38 bits per heavy atom. The fraction of sp³-hybridized carbons (Fsp3) is 0.700. The quantitative estimate of drug-likeness (QED) is 0.386. The Kier molecular flexibility index (Phi) is 4.70. The topological polar surface area (TPSA) is 43.1 Å².